The third kappa shape index (κ3) is 4.01. The van der Waals surface area contributed by atoms with Crippen LogP contribution in [0.25, 0.3) is 6.08 Å². The molecular formula is C12H10INO2S. The molecule has 0 aliphatic rings. The summed E-state index contributed by atoms with van der Waals surface area (Å²) in [5, 5.41) is 4.79. The van der Waals surface area contributed by atoms with Crippen molar-refractivity contribution in [1.82, 2.24) is 5.32 Å². The van der Waals surface area contributed by atoms with Crippen LogP contribution in [0, 0.1) is 3.77 Å². The largest absolute Gasteiger partial charge is 0.451 e. The lowest BCUT2D eigenvalue weighted by atomic mass is 10.4. The number of hydrogen-bond acceptors (Lipinski definition) is 3. The van der Waals surface area contributed by atoms with Crippen LogP contribution in [0.4, 0.5) is 0 Å². The van der Waals surface area contributed by atoms with Crippen molar-refractivity contribution < 1.29 is 9.21 Å². The first-order chi connectivity index (χ1) is 8.24. The molecule has 0 saturated carbocycles. The number of amides is 1. The van der Waals surface area contributed by atoms with E-state index in [0.29, 0.717) is 12.3 Å². The second-order valence-electron chi connectivity index (χ2n) is 3.27. The molecule has 2 rings (SSSR count). The summed E-state index contributed by atoms with van der Waals surface area (Å²) in [6, 6.07) is 7.63. The van der Waals surface area contributed by atoms with E-state index in [4.69, 9.17) is 4.42 Å². The Bertz CT molecular complexity index is 516. The second-order valence-corrected chi connectivity index (χ2v) is 5.37. The van der Waals surface area contributed by atoms with Gasteiger partial charge >= 0.3 is 0 Å². The normalized spacial score (nSPS) is 10.9. The highest BCUT2D eigenvalue weighted by Crippen LogP contribution is 2.11. The van der Waals surface area contributed by atoms with Gasteiger partial charge in [0, 0.05) is 11.0 Å². The molecule has 0 spiro atoms. The van der Waals surface area contributed by atoms with Crippen LogP contribution in [-0.2, 0) is 11.3 Å². The summed E-state index contributed by atoms with van der Waals surface area (Å²) >= 11 is 3.71. The van der Waals surface area contributed by atoms with Gasteiger partial charge in [0.1, 0.15) is 5.76 Å². The van der Waals surface area contributed by atoms with E-state index >= 15 is 0 Å². The highest BCUT2D eigenvalue weighted by molar-refractivity contribution is 14.1. The lowest BCUT2D eigenvalue weighted by Gasteiger charge is -1.98. The van der Waals surface area contributed by atoms with Crippen LogP contribution in [0.3, 0.4) is 0 Å². The van der Waals surface area contributed by atoms with Crippen molar-refractivity contribution >= 4 is 45.9 Å². The minimum Gasteiger partial charge on any atom is -0.451 e. The molecular weight excluding hydrogens is 349 g/mol. The fraction of sp³-hybridized carbons (Fsp3) is 0.0833. The first-order valence-electron chi connectivity index (χ1n) is 4.97. The molecule has 5 heteroatoms. The number of hydrogen-bond donors (Lipinski definition) is 1. The van der Waals surface area contributed by atoms with Crippen molar-refractivity contribution in [2.75, 3.05) is 0 Å². The number of rotatable bonds is 4. The predicted molar refractivity (Wildman–Crippen MR) is 76.6 cm³/mol. The quantitative estimate of drug-likeness (QED) is 0.673. The number of carbonyl (C=O) groups excluding carboxylic acids is 1. The molecule has 2 aromatic rings. The molecule has 0 aromatic carbocycles. The third-order valence-corrected chi connectivity index (χ3v) is 3.47. The molecule has 1 N–H and O–H groups in total. The van der Waals surface area contributed by atoms with Gasteiger partial charge in [0.05, 0.1) is 6.54 Å². The molecule has 88 valence electrons. The molecule has 0 bridgehead atoms. The van der Waals surface area contributed by atoms with Gasteiger partial charge in [-0.2, -0.15) is 0 Å². The smallest absolute Gasteiger partial charge is 0.244 e. The average molecular weight is 359 g/mol. The summed E-state index contributed by atoms with van der Waals surface area (Å²) in [6.07, 6.45) is 3.13. The van der Waals surface area contributed by atoms with Crippen LogP contribution in [0.15, 0.2) is 40.1 Å². The van der Waals surface area contributed by atoms with Crippen molar-refractivity contribution in [1.29, 1.82) is 0 Å². The highest BCUT2D eigenvalue weighted by Gasteiger charge is 1.98. The molecule has 2 heterocycles. The Hall–Kier alpha value is -1.08. The number of furan rings is 1. The fourth-order valence-electron chi connectivity index (χ4n) is 1.22. The maximum Gasteiger partial charge on any atom is 0.244 e. The van der Waals surface area contributed by atoms with Crippen LogP contribution >= 0.6 is 33.9 Å². The highest BCUT2D eigenvalue weighted by atomic mass is 127. The van der Waals surface area contributed by atoms with E-state index in [2.05, 4.69) is 27.9 Å². The zero-order chi connectivity index (χ0) is 12.1. The first kappa shape index (κ1) is 12.4. The Balaban J connectivity index is 1.83. The van der Waals surface area contributed by atoms with Crippen molar-refractivity contribution in [3.63, 3.8) is 0 Å². The topological polar surface area (TPSA) is 42.2 Å². The molecule has 2 aromatic heterocycles. The van der Waals surface area contributed by atoms with Crippen molar-refractivity contribution in [2.45, 2.75) is 6.54 Å². The van der Waals surface area contributed by atoms with Gasteiger partial charge in [0.15, 0.2) is 3.77 Å². The van der Waals surface area contributed by atoms with Crippen LogP contribution in [-0.4, -0.2) is 5.91 Å². The molecule has 1 amide bonds. The summed E-state index contributed by atoms with van der Waals surface area (Å²) in [7, 11) is 0. The van der Waals surface area contributed by atoms with Gasteiger partial charge in [-0.25, -0.2) is 0 Å². The lowest BCUT2D eigenvalue weighted by molar-refractivity contribution is -0.116. The van der Waals surface area contributed by atoms with Gasteiger partial charge < -0.3 is 9.73 Å². The molecule has 0 fully saturated rings. The Labute approximate surface area is 117 Å². The van der Waals surface area contributed by atoms with Crippen LogP contribution in [0.1, 0.15) is 10.6 Å². The van der Waals surface area contributed by atoms with Crippen LogP contribution < -0.4 is 5.32 Å². The van der Waals surface area contributed by atoms with E-state index in [-0.39, 0.29) is 5.91 Å². The van der Waals surface area contributed by atoms with E-state index in [1.54, 1.807) is 17.4 Å². The molecule has 3 nitrogen and oxygen atoms in total. The van der Waals surface area contributed by atoms with E-state index in [1.165, 1.54) is 6.08 Å². The maximum absolute atomic E-state index is 11.5. The first-order valence-corrected chi connectivity index (χ1v) is 6.93. The van der Waals surface area contributed by atoms with Gasteiger partial charge in [0.2, 0.25) is 5.91 Å². The number of thiophene rings is 1. The van der Waals surface area contributed by atoms with Crippen molar-refractivity contribution in [2.24, 2.45) is 0 Å². The Morgan fingerprint density at radius 1 is 1.47 bits per heavy atom. The van der Waals surface area contributed by atoms with E-state index in [0.717, 1.165) is 8.64 Å². The van der Waals surface area contributed by atoms with Gasteiger partial charge in [-0.05, 0) is 52.2 Å². The molecule has 17 heavy (non-hydrogen) atoms. The second kappa shape index (κ2) is 6.02. The van der Waals surface area contributed by atoms with E-state index in [9.17, 15) is 4.79 Å². The molecule has 0 radical (unpaired) electrons. The third-order valence-electron chi connectivity index (χ3n) is 2.01. The van der Waals surface area contributed by atoms with Gasteiger partial charge in [-0.3, -0.25) is 4.79 Å². The molecule has 0 atom stereocenters. The van der Waals surface area contributed by atoms with Gasteiger partial charge in [-0.1, -0.05) is 6.07 Å². The monoisotopic (exact) mass is 359 g/mol. The molecule has 0 aliphatic carbocycles. The van der Waals surface area contributed by atoms with Gasteiger partial charge in [-0.15, -0.1) is 11.3 Å². The average Bonchev–Trinajstić information content (AvgIpc) is 2.95. The summed E-state index contributed by atoms with van der Waals surface area (Å²) in [5.41, 5.74) is 0. The number of nitrogens with one attached hydrogen (secondary N) is 1. The Kier molecular flexibility index (Phi) is 4.38. The van der Waals surface area contributed by atoms with E-state index < -0.39 is 0 Å². The van der Waals surface area contributed by atoms with Crippen LogP contribution in [0.5, 0.6) is 0 Å². The zero-order valence-electron chi connectivity index (χ0n) is 8.85. The number of carbonyl (C=O) groups is 1. The molecule has 0 aliphatic heterocycles. The molecule has 0 unspecified atom stereocenters. The summed E-state index contributed by atoms with van der Waals surface area (Å²) < 4.78 is 6.11. The van der Waals surface area contributed by atoms with Crippen molar-refractivity contribution in [3.05, 3.63) is 50.1 Å². The number of halogens is 1. The summed E-state index contributed by atoms with van der Waals surface area (Å²) in [5.74, 6) is 0.561. The van der Waals surface area contributed by atoms with E-state index in [1.807, 2.05) is 29.6 Å². The minimum atomic E-state index is -0.121. The SMILES string of the molecule is O=C(/C=C/c1ccc(I)o1)NCc1cccs1. The fourth-order valence-corrected chi connectivity index (χ4v) is 2.30. The maximum atomic E-state index is 11.5. The van der Waals surface area contributed by atoms with Crippen molar-refractivity contribution in [3.8, 4) is 0 Å². The zero-order valence-corrected chi connectivity index (χ0v) is 11.8. The predicted octanol–water partition coefficient (Wildman–Crippen LogP) is 3.28. The summed E-state index contributed by atoms with van der Waals surface area (Å²) in [4.78, 5) is 12.6. The standard InChI is InChI=1S/C12H10INO2S/c13-11-5-3-9(16-11)4-6-12(15)14-8-10-2-1-7-17-10/h1-7H,8H2,(H,14,15)/b6-4+. The lowest BCUT2D eigenvalue weighted by Crippen LogP contribution is -2.19. The molecule has 0 saturated heterocycles. The Morgan fingerprint density at radius 3 is 3.00 bits per heavy atom. The summed E-state index contributed by atoms with van der Waals surface area (Å²) in [6.45, 7) is 0.566. The Morgan fingerprint density at radius 2 is 2.35 bits per heavy atom. The minimum absolute atomic E-state index is 0.121. The van der Waals surface area contributed by atoms with Crippen LogP contribution in [0.2, 0.25) is 0 Å². The van der Waals surface area contributed by atoms with Gasteiger partial charge in [0.25, 0.3) is 0 Å².